The van der Waals surface area contributed by atoms with E-state index in [1.54, 1.807) is 18.3 Å². The van der Waals surface area contributed by atoms with Crippen molar-refractivity contribution in [1.82, 2.24) is 14.3 Å². The monoisotopic (exact) mass is 602 g/mol. The minimum Gasteiger partial charge on any atom is -0.352 e. The van der Waals surface area contributed by atoms with E-state index in [1.165, 1.54) is 18.2 Å². The average Bonchev–Trinajstić information content (AvgIpc) is 3.44. The zero-order valence-electron chi connectivity index (χ0n) is 21.9. The summed E-state index contributed by atoms with van der Waals surface area (Å²) in [5, 5.41) is 7.97. The predicted octanol–water partition coefficient (Wildman–Crippen LogP) is 5.64. The number of amides is 1. The fourth-order valence-corrected chi connectivity index (χ4v) is 7.01. The Morgan fingerprint density at radius 3 is 1.93 bits per heavy atom. The molecule has 0 aliphatic rings. The Bertz CT molecular complexity index is 1650. The molecule has 1 heterocycles. The van der Waals surface area contributed by atoms with Gasteiger partial charge in [-0.05, 0) is 46.8 Å². The zero-order valence-corrected chi connectivity index (χ0v) is 24.2. The van der Waals surface area contributed by atoms with Crippen molar-refractivity contribution in [3.63, 3.8) is 0 Å². The van der Waals surface area contributed by atoms with E-state index in [0.29, 0.717) is 13.0 Å². The molecular formula is C31H27ClN4O3S2. The smallest absolute Gasteiger partial charge is 0.251 e. The fourth-order valence-electron chi connectivity index (χ4n) is 4.63. The van der Waals surface area contributed by atoms with Gasteiger partial charge in [0.15, 0.2) is 0 Å². The maximum Gasteiger partial charge on any atom is 0.251 e. The third-order valence-corrected chi connectivity index (χ3v) is 9.35. The summed E-state index contributed by atoms with van der Waals surface area (Å²) in [6, 6.07) is 35.1. The minimum atomic E-state index is -4.05. The second-order valence-corrected chi connectivity index (χ2v) is 12.4. The normalized spacial score (nSPS) is 11.8. The number of rotatable bonds is 10. The highest BCUT2D eigenvalue weighted by atomic mass is 35.5. The lowest BCUT2D eigenvalue weighted by Gasteiger charge is -2.35. The first kappa shape index (κ1) is 28.6. The van der Waals surface area contributed by atoms with Gasteiger partial charge in [0, 0.05) is 24.7 Å². The van der Waals surface area contributed by atoms with Gasteiger partial charge < -0.3 is 5.32 Å². The molecule has 0 saturated carbocycles. The Kier molecular flexibility index (Phi) is 8.60. The zero-order chi connectivity index (χ0) is 28.9. The average molecular weight is 603 g/mol. The summed E-state index contributed by atoms with van der Waals surface area (Å²) in [5.74, 6) is -0.434. The minimum absolute atomic E-state index is 0.0373. The number of sulfonamides is 1. The first-order valence-electron chi connectivity index (χ1n) is 12.8. The van der Waals surface area contributed by atoms with E-state index in [1.807, 2.05) is 64.8 Å². The Balaban J connectivity index is 1.37. The summed E-state index contributed by atoms with van der Waals surface area (Å²) in [7, 11) is -4.05. The van der Waals surface area contributed by atoms with Crippen LogP contribution in [0.15, 0.2) is 127 Å². The molecule has 0 unspecified atom stereocenters. The maximum atomic E-state index is 12.7. The van der Waals surface area contributed by atoms with Gasteiger partial charge in [-0.2, -0.15) is 0 Å². The second-order valence-electron chi connectivity index (χ2n) is 9.29. The molecule has 1 amide bonds. The van der Waals surface area contributed by atoms with Gasteiger partial charge >= 0.3 is 0 Å². The third kappa shape index (κ3) is 6.39. The van der Waals surface area contributed by atoms with Crippen molar-refractivity contribution in [3.05, 3.63) is 155 Å². The number of carbonyl (C=O) groups is 1. The van der Waals surface area contributed by atoms with Crippen molar-refractivity contribution >= 4 is 39.5 Å². The number of carbonyl (C=O) groups excluding carboxylic acids is 1. The van der Waals surface area contributed by atoms with E-state index in [0.717, 1.165) is 22.4 Å². The topological polar surface area (TPSA) is 107 Å². The van der Waals surface area contributed by atoms with E-state index in [2.05, 4.69) is 46.7 Å². The van der Waals surface area contributed by atoms with Gasteiger partial charge in [-0.15, -0.1) is 0 Å². The number of hydrogen-bond acceptors (Lipinski definition) is 5. The highest BCUT2D eigenvalue weighted by Gasteiger charge is 2.38. The number of halogens is 1. The molecule has 0 radical (unpaired) electrons. The third-order valence-electron chi connectivity index (χ3n) is 6.56. The second kappa shape index (κ2) is 12.3. The molecule has 4 aromatic carbocycles. The summed E-state index contributed by atoms with van der Waals surface area (Å²) in [6.07, 6.45) is 4.22. The molecule has 0 atom stereocenters. The lowest BCUT2D eigenvalue weighted by Crippen LogP contribution is -2.27. The molecule has 0 aliphatic heterocycles. The highest BCUT2D eigenvalue weighted by Crippen LogP contribution is 2.48. The van der Waals surface area contributed by atoms with E-state index in [-0.39, 0.29) is 15.5 Å². The Morgan fingerprint density at radius 1 is 0.878 bits per heavy atom. The van der Waals surface area contributed by atoms with Crippen LogP contribution in [-0.2, 0) is 21.2 Å². The summed E-state index contributed by atoms with van der Waals surface area (Å²) in [5.41, 5.74) is 4.34. The van der Waals surface area contributed by atoms with Crippen molar-refractivity contribution in [2.75, 3.05) is 6.54 Å². The molecule has 10 heteroatoms. The van der Waals surface area contributed by atoms with Gasteiger partial charge in [-0.25, -0.2) is 18.5 Å². The number of primary sulfonamides is 1. The molecule has 0 bridgehead atoms. The summed E-state index contributed by atoms with van der Waals surface area (Å²) >= 11 is 7.58. The predicted molar refractivity (Wildman–Crippen MR) is 163 cm³/mol. The van der Waals surface area contributed by atoms with E-state index >= 15 is 0 Å². The molecule has 5 aromatic rings. The Morgan fingerprint density at radius 2 is 1.41 bits per heavy atom. The van der Waals surface area contributed by atoms with E-state index in [9.17, 15) is 13.2 Å². The SMILES string of the molecule is NS(=O)(=O)c1cc(C(=O)NCCc2cn(SC(c3ccccc3)(c3ccccc3)c3ccccc3)cn2)ccc1Cl. The molecular weight excluding hydrogens is 576 g/mol. The number of imidazole rings is 1. The summed E-state index contributed by atoms with van der Waals surface area (Å²) in [4.78, 5) is 17.0. The van der Waals surface area contributed by atoms with E-state index < -0.39 is 20.7 Å². The Labute approximate surface area is 248 Å². The van der Waals surface area contributed by atoms with Crippen LogP contribution in [0.25, 0.3) is 0 Å². The number of nitrogens with two attached hydrogens (primary N) is 1. The van der Waals surface area contributed by atoms with Gasteiger partial charge in [0.05, 0.1) is 10.7 Å². The van der Waals surface area contributed by atoms with Gasteiger partial charge in [-0.1, -0.05) is 103 Å². The van der Waals surface area contributed by atoms with Crippen molar-refractivity contribution in [2.24, 2.45) is 5.14 Å². The van der Waals surface area contributed by atoms with Crippen LogP contribution in [0.2, 0.25) is 5.02 Å². The lowest BCUT2D eigenvalue weighted by atomic mass is 9.84. The standard InChI is InChI=1S/C31H27ClN4O3S2/c32-28-17-16-23(20-29(28)41(33,38)39)30(37)34-19-18-27-21-36(22-35-27)40-31(24-10-4-1-5-11-24,25-12-6-2-7-13-25)26-14-8-3-9-15-26/h1-17,20-22H,18-19H2,(H,34,37)(H2,33,38,39). The molecule has 41 heavy (non-hydrogen) atoms. The van der Waals surface area contributed by atoms with Crippen LogP contribution in [0.5, 0.6) is 0 Å². The first-order valence-corrected chi connectivity index (χ1v) is 15.5. The number of nitrogens with one attached hydrogen (secondary N) is 1. The molecule has 0 fully saturated rings. The number of benzene rings is 4. The molecule has 0 saturated heterocycles. The summed E-state index contributed by atoms with van der Waals surface area (Å²) in [6.45, 7) is 0.301. The van der Waals surface area contributed by atoms with Crippen molar-refractivity contribution in [3.8, 4) is 0 Å². The van der Waals surface area contributed by atoms with Crippen LogP contribution in [-0.4, -0.2) is 29.8 Å². The van der Waals surface area contributed by atoms with Crippen LogP contribution in [0.3, 0.4) is 0 Å². The number of nitrogens with zero attached hydrogens (tertiary/aromatic N) is 2. The quantitative estimate of drug-likeness (QED) is 0.201. The summed E-state index contributed by atoms with van der Waals surface area (Å²) < 4.78 is 25.0. The molecule has 0 aliphatic carbocycles. The molecule has 5 rings (SSSR count). The van der Waals surface area contributed by atoms with Crippen molar-refractivity contribution < 1.29 is 13.2 Å². The molecule has 3 N–H and O–H groups in total. The van der Waals surface area contributed by atoms with Gasteiger partial charge in [0.25, 0.3) is 5.91 Å². The van der Waals surface area contributed by atoms with Gasteiger partial charge in [-0.3, -0.25) is 8.77 Å². The molecule has 1 aromatic heterocycles. The lowest BCUT2D eigenvalue weighted by molar-refractivity contribution is 0.0954. The molecule has 208 valence electrons. The van der Waals surface area contributed by atoms with Gasteiger partial charge in [0.1, 0.15) is 16.0 Å². The van der Waals surface area contributed by atoms with Crippen molar-refractivity contribution in [1.29, 1.82) is 0 Å². The molecule has 7 nitrogen and oxygen atoms in total. The first-order chi connectivity index (χ1) is 19.8. The largest absolute Gasteiger partial charge is 0.352 e. The van der Waals surface area contributed by atoms with Crippen molar-refractivity contribution in [2.45, 2.75) is 16.1 Å². The van der Waals surface area contributed by atoms with Gasteiger partial charge in [0.2, 0.25) is 10.0 Å². The van der Waals surface area contributed by atoms with Crippen LogP contribution in [0, 0.1) is 0 Å². The molecule has 0 spiro atoms. The maximum absolute atomic E-state index is 12.7. The van der Waals surface area contributed by atoms with Crippen LogP contribution in [0.1, 0.15) is 32.7 Å². The highest BCUT2D eigenvalue weighted by molar-refractivity contribution is 7.99. The van der Waals surface area contributed by atoms with Crippen LogP contribution >= 0.6 is 23.5 Å². The van der Waals surface area contributed by atoms with Crippen LogP contribution in [0.4, 0.5) is 0 Å². The number of aromatic nitrogens is 2. The van der Waals surface area contributed by atoms with E-state index in [4.69, 9.17) is 16.7 Å². The number of hydrogen-bond donors (Lipinski definition) is 2. The Hall–Kier alpha value is -3.89. The van der Waals surface area contributed by atoms with Crippen LogP contribution < -0.4 is 10.5 Å². The fraction of sp³-hybridized carbons (Fsp3) is 0.0968.